The Kier molecular flexibility index (Phi) is 6.94. The summed E-state index contributed by atoms with van der Waals surface area (Å²) in [6.07, 6.45) is 5.13. The monoisotopic (exact) mass is 519 g/mol. The quantitative estimate of drug-likeness (QED) is 0.221. The number of carbonyl (C=O) groups is 1. The first-order valence-corrected chi connectivity index (χ1v) is 11.8. The molecule has 4 aromatic rings. The molecule has 5 rings (SSSR count). The van der Waals surface area contributed by atoms with Gasteiger partial charge >= 0.3 is 6.03 Å². The highest BCUT2D eigenvalue weighted by atomic mass is 19.2. The summed E-state index contributed by atoms with van der Waals surface area (Å²) in [6.45, 7) is 1.65. The highest BCUT2D eigenvalue weighted by molar-refractivity contribution is 5.96. The smallest absolute Gasteiger partial charge is 0.326 e. The third-order valence-electron chi connectivity index (χ3n) is 6.47. The maximum absolute atomic E-state index is 13.5. The van der Waals surface area contributed by atoms with E-state index in [2.05, 4.69) is 21.3 Å². The largest absolute Gasteiger partial charge is 0.333 e. The Bertz CT molecular complexity index is 1600. The summed E-state index contributed by atoms with van der Waals surface area (Å²) in [5.41, 5.74) is 3.61. The Morgan fingerprint density at radius 3 is 2.63 bits per heavy atom. The van der Waals surface area contributed by atoms with Crippen molar-refractivity contribution < 1.29 is 22.4 Å². The minimum atomic E-state index is -1.50. The van der Waals surface area contributed by atoms with Crippen molar-refractivity contribution in [3.63, 3.8) is 0 Å². The lowest BCUT2D eigenvalue weighted by molar-refractivity contribution is 0.240. The summed E-state index contributed by atoms with van der Waals surface area (Å²) in [5, 5.41) is 13.0. The van der Waals surface area contributed by atoms with Crippen LogP contribution in [-0.2, 0) is 19.5 Å². The Morgan fingerprint density at radius 2 is 1.89 bits per heavy atom. The van der Waals surface area contributed by atoms with Gasteiger partial charge in [-0.15, -0.1) is 0 Å². The summed E-state index contributed by atoms with van der Waals surface area (Å²) >= 11 is 0. The van der Waals surface area contributed by atoms with Crippen molar-refractivity contribution in [2.75, 3.05) is 13.1 Å². The molecule has 38 heavy (non-hydrogen) atoms. The molecule has 0 fully saturated rings. The van der Waals surface area contributed by atoms with Crippen molar-refractivity contribution in [3.8, 4) is 6.07 Å². The van der Waals surface area contributed by atoms with Crippen LogP contribution < -0.4 is 5.32 Å². The van der Waals surface area contributed by atoms with E-state index >= 15 is 0 Å². The summed E-state index contributed by atoms with van der Waals surface area (Å²) < 4.78 is 55.2. The van der Waals surface area contributed by atoms with E-state index in [1.165, 1.54) is 18.3 Å². The van der Waals surface area contributed by atoms with E-state index in [1.807, 2.05) is 0 Å². The van der Waals surface area contributed by atoms with E-state index in [-0.39, 0.29) is 18.1 Å². The zero-order valence-electron chi connectivity index (χ0n) is 20.0. The van der Waals surface area contributed by atoms with Crippen LogP contribution in [0, 0.1) is 34.7 Å². The first kappa shape index (κ1) is 25.2. The van der Waals surface area contributed by atoms with E-state index in [4.69, 9.17) is 0 Å². The van der Waals surface area contributed by atoms with Crippen LogP contribution in [0.15, 0.2) is 54.7 Å². The van der Waals surface area contributed by atoms with Crippen molar-refractivity contribution in [2.45, 2.75) is 19.5 Å². The second-order valence-electron chi connectivity index (χ2n) is 8.94. The molecular weight excluding hydrogens is 498 g/mol. The van der Waals surface area contributed by atoms with Crippen LogP contribution in [0.1, 0.15) is 27.9 Å². The molecule has 6 nitrogen and oxygen atoms in total. The van der Waals surface area contributed by atoms with Gasteiger partial charge in [0.2, 0.25) is 5.95 Å². The summed E-state index contributed by atoms with van der Waals surface area (Å²) in [7, 11) is 0. The average molecular weight is 520 g/mol. The molecule has 0 bridgehead atoms. The molecule has 1 aliphatic heterocycles. The molecule has 0 saturated heterocycles. The van der Waals surface area contributed by atoms with Crippen molar-refractivity contribution in [1.29, 1.82) is 5.26 Å². The van der Waals surface area contributed by atoms with Gasteiger partial charge in [-0.25, -0.2) is 22.9 Å². The third-order valence-corrected chi connectivity index (χ3v) is 6.47. The van der Waals surface area contributed by atoms with Crippen LogP contribution in [0.2, 0.25) is 0 Å². The Hall–Kier alpha value is -4.49. The first-order valence-electron chi connectivity index (χ1n) is 11.8. The lowest BCUT2D eigenvalue weighted by atomic mass is 10.0. The number of benzene rings is 2. The fourth-order valence-corrected chi connectivity index (χ4v) is 4.69. The van der Waals surface area contributed by atoms with Gasteiger partial charge in [-0.3, -0.25) is 9.47 Å². The van der Waals surface area contributed by atoms with Crippen LogP contribution in [0.4, 0.5) is 22.4 Å². The number of nitrogens with one attached hydrogen (secondary N) is 1. The van der Waals surface area contributed by atoms with Gasteiger partial charge in [0.25, 0.3) is 0 Å². The van der Waals surface area contributed by atoms with E-state index in [0.717, 1.165) is 28.8 Å². The van der Waals surface area contributed by atoms with Crippen molar-refractivity contribution in [2.24, 2.45) is 0 Å². The Labute approximate surface area is 215 Å². The predicted octanol–water partition coefficient (Wildman–Crippen LogP) is 5.29. The molecule has 1 N–H and O–H groups in total. The molecule has 2 aromatic carbocycles. The molecule has 0 radical (unpaired) electrons. The number of nitrogens with zero attached hydrogens (tertiary/aromatic N) is 4. The van der Waals surface area contributed by atoms with Gasteiger partial charge < -0.3 is 5.32 Å². The Morgan fingerprint density at radius 1 is 1.11 bits per heavy atom. The van der Waals surface area contributed by atoms with Crippen molar-refractivity contribution in [3.05, 3.63) is 106 Å². The number of carbonyl (C=O) groups excluding carboxylic acids is 1. The molecule has 0 saturated carbocycles. The number of halogens is 4. The lowest BCUT2D eigenvalue weighted by Gasteiger charge is -2.27. The highest BCUT2D eigenvalue weighted by Crippen LogP contribution is 2.32. The van der Waals surface area contributed by atoms with E-state index < -0.39 is 23.4 Å². The fourth-order valence-electron chi connectivity index (χ4n) is 4.69. The molecule has 1 aliphatic rings. The molecule has 0 atom stereocenters. The molecule has 0 aliphatic carbocycles. The fraction of sp³-hybridized carbons (Fsp3) is 0.179. The topological polar surface area (TPSA) is 74.0 Å². The molecule has 1 amide bonds. The molecular formula is C28H21F4N5O. The summed E-state index contributed by atoms with van der Waals surface area (Å²) in [6, 6.07) is 11.6. The standard InChI is InChI=1S/C28H21F4N5O/c29-22-11-17(12-23(30)27(22)32)2-1-8-36-9-6-25-21(16-36)20-10-18(14-33)3-4-24(20)37(25)28(38)35-15-19-5-7-34-26(31)13-19/h1-5,7,10-13H,6,8-9,15-16H2,(H,35,38)/b2-1+. The number of nitriles is 1. The minimum Gasteiger partial charge on any atom is -0.333 e. The number of aromatic nitrogens is 2. The van der Waals surface area contributed by atoms with Crippen LogP contribution in [-0.4, -0.2) is 33.6 Å². The normalized spacial score (nSPS) is 13.6. The minimum absolute atomic E-state index is 0.116. The van der Waals surface area contributed by atoms with Crippen molar-refractivity contribution >= 4 is 23.0 Å². The van der Waals surface area contributed by atoms with Gasteiger partial charge in [-0.2, -0.15) is 9.65 Å². The molecule has 0 spiro atoms. The van der Waals surface area contributed by atoms with E-state index in [1.54, 1.807) is 34.9 Å². The van der Waals surface area contributed by atoms with Gasteiger partial charge in [-0.05, 0) is 59.2 Å². The molecule has 3 heterocycles. The van der Waals surface area contributed by atoms with Gasteiger partial charge in [0, 0.05) is 49.9 Å². The van der Waals surface area contributed by atoms with Crippen LogP contribution in [0.25, 0.3) is 17.0 Å². The number of fused-ring (bicyclic) bond motifs is 3. The maximum atomic E-state index is 13.5. The van der Waals surface area contributed by atoms with E-state index in [0.29, 0.717) is 42.7 Å². The number of amides is 1. The van der Waals surface area contributed by atoms with E-state index in [9.17, 15) is 27.6 Å². The maximum Gasteiger partial charge on any atom is 0.326 e. The van der Waals surface area contributed by atoms with Crippen molar-refractivity contribution in [1.82, 2.24) is 19.8 Å². The molecule has 192 valence electrons. The molecule has 0 unspecified atom stereocenters. The zero-order valence-corrected chi connectivity index (χ0v) is 20.0. The molecule has 2 aromatic heterocycles. The second kappa shape index (κ2) is 10.5. The SMILES string of the molecule is N#Cc1ccc2c(c1)c1c(n2C(=O)NCc2ccnc(F)c2)CCN(C/C=C/c2cc(F)c(F)c(F)c2)C1. The van der Waals surface area contributed by atoms with Crippen LogP contribution >= 0.6 is 0 Å². The number of pyridine rings is 1. The van der Waals surface area contributed by atoms with Gasteiger partial charge in [-0.1, -0.05) is 12.2 Å². The van der Waals surface area contributed by atoms with Crippen LogP contribution in [0.3, 0.4) is 0 Å². The average Bonchev–Trinajstić information content (AvgIpc) is 3.23. The predicted molar refractivity (Wildman–Crippen MR) is 133 cm³/mol. The highest BCUT2D eigenvalue weighted by Gasteiger charge is 2.26. The zero-order chi connectivity index (χ0) is 26.8. The summed E-state index contributed by atoms with van der Waals surface area (Å²) in [4.78, 5) is 18.9. The van der Waals surface area contributed by atoms with Gasteiger partial charge in [0.1, 0.15) is 0 Å². The number of rotatable bonds is 5. The number of hydrogen-bond donors (Lipinski definition) is 1. The lowest BCUT2D eigenvalue weighted by Crippen LogP contribution is -2.34. The molecule has 10 heteroatoms. The van der Waals surface area contributed by atoms with Gasteiger partial charge in [0.15, 0.2) is 17.5 Å². The van der Waals surface area contributed by atoms with Crippen LogP contribution in [0.5, 0.6) is 0 Å². The Balaban J connectivity index is 1.39. The summed E-state index contributed by atoms with van der Waals surface area (Å²) in [5.74, 6) is -4.63. The second-order valence-corrected chi connectivity index (χ2v) is 8.94. The van der Waals surface area contributed by atoms with Gasteiger partial charge in [0.05, 0.1) is 17.1 Å². The third kappa shape index (κ3) is 5.01. The first-order chi connectivity index (χ1) is 18.3. The number of hydrogen-bond acceptors (Lipinski definition) is 4.